The minimum Gasteiger partial charge on any atom is -0.429 e. The van der Waals surface area contributed by atoms with Gasteiger partial charge < -0.3 is 4.74 Å². The number of halogens is 6. The van der Waals surface area contributed by atoms with Crippen LogP contribution in [0.2, 0.25) is 0 Å². The molecule has 0 saturated carbocycles. The van der Waals surface area contributed by atoms with Crippen LogP contribution in [-0.4, -0.2) is 0 Å². The van der Waals surface area contributed by atoms with Crippen LogP contribution < -0.4 is 4.74 Å². The maximum absolute atomic E-state index is 14.7. The van der Waals surface area contributed by atoms with Crippen LogP contribution >= 0.6 is 0 Å². The number of benzene rings is 4. The molecule has 0 N–H and O–H groups in total. The highest BCUT2D eigenvalue weighted by Crippen LogP contribution is 2.38. The maximum atomic E-state index is 14.7. The van der Waals surface area contributed by atoms with Gasteiger partial charge in [-0.2, -0.15) is 8.78 Å². The molecule has 4 aromatic rings. The van der Waals surface area contributed by atoms with Crippen molar-refractivity contribution in [1.82, 2.24) is 0 Å². The molecule has 0 amide bonds. The highest BCUT2D eigenvalue weighted by atomic mass is 19.3. The first-order valence-electron chi connectivity index (χ1n) is 10.2. The van der Waals surface area contributed by atoms with E-state index in [9.17, 15) is 26.3 Å². The van der Waals surface area contributed by atoms with E-state index in [4.69, 9.17) is 0 Å². The summed E-state index contributed by atoms with van der Waals surface area (Å²) in [5.41, 5.74) is 1.32. The quantitative estimate of drug-likeness (QED) is 0.265. The van der Waals surface area contributed by atoms with Gasteiger partial charge in [0, 0.05) is 17.7 Å². The van der Waals surface area contributed by atoms with E-state index in [-0.39, 0.29) is 5.56 Å². The van der Waals surface area contributed by atoms with Crippen molar-refractivity contribution in [1.29, 1.82) is 0 Å². The molecule has 0 heterocycles. The van der Waals surface area contributed by atoms with E-state index in [1.165, 1.54) is 0 Å². The number of hydrogen-bond donors (Lipinski definition) is 0. The van der Waals surface area contributed by atoms with Gasteiger partial charge in [0.1, 0.15) is 34.6 Å². The smallest absolute Gasteiger partial charge is 0.429 e. The van der Waals surface area contributed by atoms with Crippen molar-refractivity contribution in [3.05, 3.63) is 113 Å². The van der Waals surface area contributed by atoms with Crippen molar-refractivity contribution >= 4 is 0 Å². The first kappa shape index (κ1) is 23.4. The summed E-state index contributed by atoms with van der Waals surface area (Å²) in [7, 11) is 0. The highest BCUT2D eigenvalue weighted by molar-refractivity contribution is 5.71. The summed E-state index contributed by atoms with van der Waals surface area (Å²) in [6.07, 6.45) is -4.52. The molecule has 0 fully saturated rings. The maximum Gasteiger partial charge on any atom is 0.432 e. The van der Waals surface area contributed by atoms with Gasteiger partial charge in [-0.3, -0.25) is 0 Å². The van der Waals surface area contributed by atoms with Gasteiger partial charge in [0.2, 0.25) is 0 Å². The Kier molecular flexibility index (Phi) is 6.13. The average molecular weight is 472 g/mol. The lowest BCUT2D eigenvalue weighted by molar-refractivity contribution is -0.189. The fraction of sp³-hybridized carbons (Fsp3) is 0.111. The molecule has 0 bridgehead atoms. The van der Waals surface area contributed by atoms with Gasteiger partial charge in [0.25, 0.3) is 0 Å². The lowest BCUT2D eigenvalue weighted by Crippen LogP contribution is -2.25. The molecule has 0 aliphatic carbocycles. The van der Waals surface area contributed by atoms with Crippen molar-refractivity contribution in [3.8, 4) is 28.0 Å². The zero-order valence-electron chi connectivity index (χ0n) is 18.1. The van der Waals surface area contributed by atoms with Gasteiger partial charge in [-0.05, 0) is 48.2 Å². The van der Waals surface area contributed by atoms with Crippen LogP contribution in [0.5, 0.6) is 5.75 Å². The Morgan fingerprint density at radius 3 is 1.44 bits per heavy atom. The first-order valence-corrected chi connectivity index (χ1v) is 10.2. The number of ether oxygens (including phenoxy) is 1. The normalized spacial score (nSPS) is 11.5. The van der Waals surface area contributed by atoms with Crippen molar-refractivity contribution < 1.29 is 31.1 Å². The Morgan fingerprint density at radius 1 is 0.559 bits per heavy atom. The number of aryl methyl sites for hydroxylation is 1. The Bertz CT molecular complexity index is 1300. The van der Waals surface area contributed by atoms with Crippen LogP contribution in [0.3, 0.4) is 0 Å². The average Bonchev–Trinajstić information content (AvgIpc) is 2.77. The summed E-state index contributed by atoms with van der Waals surface area (Å²) in [5, 5.41) is 0. The fourth-order valence-corrected chi connectivity index (χ4v) is 3.50. The summed E-state index contributed by atoms with van der Waals surface area (Å²) in [4.78, 5) is 0. The second kappa shape index (κ2) is 8.89. The van der Waals surface area contributed by atoms with E-state index in [0.29, 0.717) is 17.7 Å². The third kappa shape index (κ3) is 4.64. The van der Waals surface area contributed by atoms with Crippen molar-refractivity contribution in [3.63, 3.8) is 0 Å². The molecule has 0 unspecified atom stereocenters. The van der Waals surface area contributed by atoms with Crippen LogP contribution in [0, 0.1) is 37.1 Å². The van der Waals surface area contributed by atoms with Gasteiger partial charge in [-0.25, -0.2) is 17.6 Å². The molecule has 4 aromatic carbocycles. The van der Waals surface area contributed by atoms with Gasteiger partial charge in [-0.15, -0.1) is 0 Å². The summed E-state index contributed by atoms with van der Waals surface area (Å²) >= 11 is 0. The molecule has 174 valence electrons. The number of hydrogen-bond acceptors (Lipinski definition) is 1. The minimum absolute atomic E-state index is 0.0393. The summed E-state index contributed by atoms with van der Waals surface area (Å²) < 4.78 is 90.1. The predicted molar refractivity (Wildman–Crippen MR) is 118 cm³/mol. The van der Waals surface area contributed by atoms with Crippen LogP contribution in [0.4, 0.5) is 26.3 Å². The Morgan fingerprint density at radius 2 is 0.971 bits per heavy atom. The lowest BCUT2D eigenvalue weighted by atomic mass is 9.98. The zero-order valence-corrected chi connectivity index (χ0v) is 18.1. The third-order valence-corrected chi connectivity index (χ3v) is 5.44. The SMILES string of the molecule is Cc1ccc(-c2ccc(-c3cc(F)c(C(F)(F)Oc4cc(F)c(C)c(F)c4)c(F)c3)cc2)cc1. The van der Waals surface area contributed by atoms with Gasteiger partial charge in [0.15, 0.2) is 0 Å². The molecule has 0 aliphatic rings. The number of alkyl halides is 2. The van der Waals surface area contributed by atoms with E-state index < -0.39 is 46.3 Å². The van der Waals surface area contributed by atoms with E-state index in [0.717, 1.165) is 35.7 Å². The minimum atomic E-state index is -4.52. The van der Waals surface area contributed by atoms with E-state index >= 15 is 0 Å². The van der Waals surface area contributed by atoms with Gasteiger partial charge >= 0.3 is 6.11 Å². The largest absolute Gasteiger partial charge is 0.432 e. The molecule has 4 rings (SSSR count). The first-order chi connectivity index (χ1) is 16.0. The Hall–Kier alpha value is -3.74. The van der Waals surface area contributed by atoms with E-state index in [2.05, 4.69) is 4.74 Å². The van der Waals surface area contributed by atoms with Crippen molar-refractivity contribution in [2.24, 2.45) is 0 Å². The van der Waals surface area contributed by atoms with Crippen molar-refractivity contribution in [2.45, 2.75) is 20.0 Å². The van der Waals surface area contributed by atoms with Crippen LogP contribution in [0.1, 0.15) is 16.7 Å². The van der Waals surface area contributed by atoms with Gasteiger partial charge in [0.05, 0.1) is 0 Å². The summed E-state index contributed by atoms with van der Waals surface area (Å²) in [6.45, 7) is 3.07. The van der Waals surface area contributed by atoms with Crippen LogP contribution in [0.15, 0.2) is 72.8 Å². The van der Waals surface area contributed by atoms with E-state index in [1.54, 1.807) is 24.3 Å². The predicted octanol–water partition coefficient (Wildman–Crippen LogP) is 8.32. The monoisotopic (exact) mass is 472 g/mol. The molecule has 1 nitrogen and oxygen atoms in total. The molecule has 0 atom stereocenters. The molecule has 0 saturated heterocycles. The van der Waals surface area contributed by atoms with E-state index in [1.807, 2.05) is 31.2 Å². The second-order valence-electron chi connectivity index (χ2n) is 7.89. The van der Waals surface area contributed by atoms with Crippen LogP contribution in [-0.2, 0) is 6.11 Å². The number of rotatable bonds is 5. The molecule has 0 aliphatic heterocycles. The molecule has 0 spiro atoms. The molecule has 34 heavy (non-hydrogen) atoms. The summed E-state index contributed by atoms with van der Waals surface area (Å²) in [5.74, 6) is -6.28. The molecule has 7 heteroatoms. The standard InChI is InChI=1S/C27H18F6O/c1-15-3-5-17(6-4-15)18-7-9-19(10-8-18)20-11-24(30)26(25(31)12-20)27(32,33)34-21-13-22(28)16(2)23(29)14-21/h3-14H,1-2H3. The second-order valence-corrected chi connectivity index (χ2v) is 7.89. The fourth-order valence-electron chi connectivity index (χ4n) is 3.50. The third-order valence-electron chi connectivity index (χ3n) is 5.44. The topological polar surface area (TPSA) is 9.23 Å². The Balaban J connectivity index is 1.63. The lowest BCUT2D eigenvalue weighted by Gasteiger charge is -2.20. The van der Waals surface area contributed by atoms with Crippen molar-refractivity contribution in [2.75, 3.05) is 0 Å². The Labute approximate surface area is 192 Å². The molecular weight excluding hydrogens is 454 g/mol. The molecular formula is C27H18F6O. The highest BCUT2D eigenvalue weighted by Gasteiger charge is 2.41. The zero-order chi connectivity index (χ0) is 24.6. The summed E-state index contributed by atoms with van der Waals surface area (Å²) in [6, 6.07) is 17.1. The van der Waals surface area contributed by atoms with Crippen LogP contribution in [0.25, 0.3) is 22.3 Å². The molecule has 0 aromatic heterocycles. The molecule has 0 radical (unpaired) electrons. The van der Waals surface area contributed by atoms with Gasteiger partial charge in [-0.1, -0.05) is 54.1 Å².